The van der Waals surface area contributed by atoms with Crippen molar-refractivity contribution in [1.82, 2.24) is 34.7 Å². The average Bonchev–Trinajstić information content (AvgIpc) is 3.50. The number of amides is 1. The standard InChI is InChI=1S/C23H20N8O2/c1-3-33-17-9-7-16(8-10-17)31-28-20-11-15(2)19(12-21(20)29-31)27-23(32)18-5-4-6-22(26-18)30-13-24-25-14-30/h4-14H,3H2,1-2H3,(H,27,32). The molecule has 0 aliphatic heterocycles. The monoisotopic (exact) mass is 440 g/mol. The van der Waals surface area contributed by atoms with Gasteiger partial charge in [0.05, 0.1) is 12.3 Å². The lowest BCUT2D eigenvalue weighted by Gasteiger charge is -2.08. The summed E-state index contributed by atoms with van der Waals surface area (Å²) < 4.78 is 7.12. The number of carbonyl (C=O) groups excluding carboxylic acids is 1. The first-order valence-electron chi connectivity index (χ1n) is 10.3. The Labute approximate surface area is 188 Å². The summed E-state index contributed by atoms with van der Waals surface area (Å²) in [6.45, 7) is 4.46. The number of fused-ring (bicyclic) bond motifs is 1. The highest BCUT2D eigenvalue weighted by Gasteiger charge is 2.14. The van der Waals surface area contributed by atoms with Crippen LogP contribution in [0, 0.1) is 6.92 Å². The number of benzene rings is 2. The molecule has 0 aliphatic carbocycles. The number of nitrogens with one attached hydrogen (secondary N) is 1. The van der Waals surface area contributed by atoms with Crippen LogP contribution in [0.25, 0.3) is 22.5 Å². The Hall–Kier alpha value is -4.60. The molecular formula is C23H20N8O2. The Morgan fingerprint density at radius 3 is 2.45 bits per heavy atom. The summed E-state index contributed by atoms with van der Waals surface area (Å²) in [6.07, 6.45) is 3.05. The van der Waals surface area contributed by atoms with Crippen LogP contribution in [0.3, 0.4) is 0 Å². The normalized spacial score (nSPS) is 11.0. The second-order valence-electron chi connectivity index (χ2n) is 7.28. The summed E-state index contributed by atoms with van der Waals surface area (Å²) in [4.78, 5) is 18.8. The molecule has 3 heterocycles. The molecule has 0 saturated heterocycles. The third-order valence-electron chi connectivity index (χ3n) is 5.00. The van der Waals surface area contributed by atoms with E-state index in [1.807, 2.05) is 50.2 Å². The minimum absolute atomic E-state index is 0.277. The van der Waals surface area contributed by atoms with E-state index in [0.717, 1.165) is 22.5 Å². The van der Waals surface area contributed by atoms with E-state index in [-0.39, 0.29) is 11.6 Å². The van der Waals surface area contributed by atoms with Gasteiger partial charge in [0.15, 0.2) is 0 Å². The van der Waals surface area contributed by atoms with Gasteiger partial charge in [0.25, 0.3) is 5.91 Å². The minimum atomic E-state index is -0.328. The number of hydrogen-bond donors (Lipinski definition) is 1. The maximum absolute atomic E-state index is 12.9. The average molecular weight is 440 g/mol. The van der Waals surface area contributed by atoms with Gasteiger partial charge in [0.2, 0.25) is 0 Å². The Morgan fingerprint density at radius 2 is 1.73 bits per heavy atom. The van der Waals surface area contributed by atoms with E-state index in [9.17, 15) is 4.79 Å². The van der Waals surface area contributed by atoms with Gasteiger partial charge in [-0.15, -0.1) is 20.4 Å². The molecule has 0 spiro atoms. The van der Waals surface area contributed by atoms with Gasteiger partial charge in [-0.25, -0.2) is 4.98 Å². The SMILES string of the molecule is CCOc1ccc(-n2nc3cc(C)c(NC(=O)c4cccc(-n5cnnc5)n4)cc3n2)cc1. The molecule has 0 radical (unpaired) electrons. The number of aryl methyl sites for hydroxylation is 1. The van der Waals surface area contributed by atoms with Crippen LogP contribution in [0.4, 0.5) is 5.69 Å². The number of nitrogens with zero attached hydrogens (tertiary/aromatic N) is 7. The molecule has 1 N–H and O–H groups in total. The van der Waals surface area contributed by atoms with Crippen LogP contribution >= 0.6 is 0 Å². The molecule has 0 fully saturated rings. The topological polar surface area (TPSA) is 113 Å². The van der Waals surface area contributed by atoms with Crippen LogP contribution < -0.4 is 10.1 Å². The number of carbonyl (C=O) groups is 1. The predicted octanol–water partition coefficient (Wildman–Crippen LogP) is 3.36. The molecule has 5 rings (SSSR count). The molecule has 1 amide bonds. The highest BCUT2D eigenvalue weighted by Crippen LogP contribution is 2.23. The van der Waals surface area contributed by atoms with Crippen molar-refractivity contribution in [3.63, 3.8) is 0 Å². The zero-order valence-corrected chi connectivity index (χ0v) is 18.0. The van der Waals surface area contributed by atoms with E-state index in [2.05, 4.69) is 30.7 Å². The molecule has 0 saturated carbocycles. The predicted molar refractivity (Wildman–Crippen MR) is 122 cm³/mol. The molecule has 0 aliphatic rings. The quantitative estimate of drug-likeness (QED) is 0.431. The number of rotatable bonds is 6. The van der Waals surface area contributed by atoms with Crippen LogP contribution in [0.15, 0.2) is 67.3 Å². The molecular weight excluding hydrogens is 420 g/mol. The van der Waals surface area contributed by atoms with E-state index in [1.54, 1.807) is 27.6 Å². The van der Waals surface area contributed by atoms with E-state index in [0.29, 0.717) is 23.6 Å². The lowest BCUT2D eigenvalue weighted by Crippen LogP contribution is -2.15. The van der Waals surface area contributed by atoms with Crippen LogP contribution in [0.5, 0.6) is 5.75 Å². The van der Waals surface area contributed by atoms with Gasteiger partial charge in [0, 0.05) is 5.69 Å². The fourth-order valence-electron chi connectivity index (χ4n) is 3.36. The van der Waals surface area contributed by atoms with Crippen molar-refractivity contribution in [3.8, 4) is 17.3 Å². The van der Waals surface area contributed by atoms with E-state index < -0.39 is 0 Å². The van der Waals surface area contributed by atoms with Crippen molar-refractivity contribution in [2.75, 3.05) is 11.9 Å². The van der Waals surface area contributed by atoms with E-state index in [1.165, 1.54) is 12.7 Å². The number of ether oxygens (including phenoxy) is 1. The van der Waals surface area contributed by atoms with Gasteiger partial charge >= 0.3 is 0 Å². The highest BCUT2D eigenvalue weighted by molar-refractivity contribution is 6.04. The summed E-state index contributed by atoms with van der Waals surface area (Å²) in [5, 5.41) is 19.6. The van der Waals surface area contributed by atoms with Gasteiger partial charge in [0.1, 0.15) is 40.9 Å². The molecule has 2 aromatic carbocycles. The molecule has 0 unspecified atom stereocenters. The molecule has 0 bridgehead atoms. The molecule has 5 aromatic rings. The van der Waals surface area contributed by atoms with Crippen LogP contribution in [-0.4, -0.2) is 47.3 Å². The smallest absolute Gasteiger partial charge is 0.274 e. The van der Waals surface area contributed by atoms with Gasteiger partial charge in [-0.3, -0.25) is 9.36 Å². The molecule has 164 valence electrons. The number of pyridine rings is 1. The first kappa shape index (κ1) is 20.3. The molecule has 0 atom stereocenters. The Morgan fingerprint density at radius 1 is 1.00 bits per heavy atom. The maximum atomic E-state index is 12.9. The Kier molecular flexibility index (Phi) is 5.23. The zero-order valence-electron chi connectivity index (χ0n) is 18.0. The Bertz CT molecular complexity index is 1430. The van der Waals surface area contributed by atoms with Crippen molar-refractivity contribution in [3.05, 3.63) is 78.5 Å². The summed E-state index contributed by atoms with van der Waals surface area (Å²) in [7, 11) is 0. The molecule has 3 aromatic heterocycles. The van der Waals surface area contributed by atoms with Crippen molar-refractivity contribution in [2.45, 2.75) is 13.8 Å². The van der Waals surface area contributed by atoms with Crippen molar-refractivity contribution < 1.29 is 9.53 Å². The maximum Gasteiger partial charge on any atom is 0.274 e. The second kappa shape index (κ2) is 8.50. The number of anilines is 1. The van der Waals surface area contributed by atoms with Crippen molar-refractivity contribution in [1.29, 1.82) is 0 Å². The first-order valence-corrected chi connectivity index (χ1v) is 10.3. The minimum Gasteiger partial charge on any atom is -0.494 e. The van der Waals surface area contributed by atoms with Crippen LogP contribution in [0.1, 0.15) is 23.0 Å². The van der Waals surface area contributed by atoms with Gasteiger partial charge in [-0.1, -0.05) is 6.07 Å². The lowest BCUT2D eigenvalue weighted by molar-refractivity contribution is 0.102. The van der Waals surface area contributed by atoms with Crippen LogP contribution in [-0.2, 0) is 0 Å². The fourth-order valence-corrected chi connectivity index (χ4v) is 3.36. The number of hydrogen-bond acceptors (Lipinski definition) is 7. The summed E-state index contributed by atoms with van der Waals surface area (Å²) in [5.41, 5.74) is 3.99. The third kappa shape index (κ3) is 4.13. The lowest BCUT2D eigenvalue weighted by atomic mass is 10.1. The molecule has 10 heteroatoms. The first-order chi connectivity index (χ1) is 16.1. The third-order valence-corrected chi connectivity index (χ3v) is 5.00. The van der Waals surface area contributed by atoms with E-state index in [4.69, 9.17) is 4.74 Å². The summed E-state index contributed by atoms with van der Waals surface area (Å²) in [5.74, 6) is 1.02. The van der Waals surface area contributed by atoms with Crippen LogP contribution in [0.2, 0.25) is 0 Å². The Balaban J connectivity index is 1.40. The fraction of sp³-hybridized carbons (Fsp3) is 0.130. The van der Waals surface area contributed by atoms with Gasteiger partial charge in [-0.05, 0) is 67.9 Å². The van der Waals surface area contributed by atoms with Gasteiger partial charge < -0.3 is 10.1 Å². The van der Waals surface area contributed by atoms with Crippen molar-refractivity contribution >= 4 is 22.6 Å². The van der Waals surface area contributed by atoms with E-state index >= 15 is 0 Å². The number of aromatic nitrogens is 7. The molecule has 10 nitrogen and oxygen atoms in total. The zero-order chi connectivity index (χ0) is 22.8. The molecule has 33 heavy (non-hydrogen) atoms. The van der Waals surface area contributed by atoms with Crippen molar-refractivity contribution in [2.24, 2.45) is 0 Å². The second-order valence-corrected chi connectivity index (χ2v) is 7.28. The highest BCUT2D eigenvalue weighted by atomic mass is 16.5. The summed E-state index contributed by atoms with van der Waals surface area (Å²) in [6, 6.07) is 16.4. The summed E-state index contributed by atoms with van der Waals surface area (Å²) >= 11 is 0. The van der Waals surface area contributed by atoms with Gasteiger partial charge in [-0.2, -0.15) is 4.80 Å². The largest absolute Gasteiger partial charge is 0.494 e.